The van der Waals surface area contributed by atoms with Crippen molar-refractivity contribution in [1.82, 2.24) is 15.1 Å². The first-order chi connectivity index (χ1) is 14.0. The number of aryl methyl sites for hydroxylation is 1. The second-order valence-corrected chi connectivity index (χ2v) is 7.83. The molecule has 3 aromatic rings. The lowest BCUT2D eigenvalue weighted by Gasteiger charge is -2.27. The molecule has 0 spiro atoms. The molecule has 1 N–H and O–H groups in total. The maximum absolute atomic E-state index is 12.7. The first-order valence-corrected chi connectivity index (χ1v) is 10.1. The molecule has 0 bridgehead atoms. The lowest BCUT2D eigenvalue weighted by atomic mass is 10.00. The third-order valence-corrected chi connectivity index (χ3v) is 5.56. The van der Waals surface area contributed by atoms with Crippen LogP contribution in [0.5, 0.6) is 0 Å². The number of ketones is 1. The van der Waals surface area contributed by atoms with Gasteiger partial charge in [0.15, 0.2) is 5.78 Å². The Kier molecular flexibility index (Phi) is 5.49. The quantitative estimate of drug-likeness (QED) is 0.629. The van der Waals surface area contributed by atoms with Crippen LogP contribution in [0.2, 0.25) is 5.02 Å². The van der Waals surface area contributed by atoms with Gasteiger partial charge in [0.2, 0.25) is 5.91 Å². The summed E-state index contributed by atoms with van der Waals surface area (Å²) in [5.41, 5.74) is 5.60. The molecule has 4 rings (SSSR count). The molecule has 0 aliphatic carbocycles. The molecule has 1 aliphatic rings. The summed E-state index contributed by atoms with van der Waals surface area (Å²) < 4.78 is 0. The molecule has 0 unspecified atom stereocenters. The number of H-pyrrole nitrogens is 1. The van der Waals surface area contributed by atoms with E-state index in [4.69, 9.17) is 11.6 Å². The summed E-state index contributed by atoms with van der Waals surface area (Å²) in [7, 11) is 0. The van der Waals surface area contributed by atoms with Gasteiger partial charge in [0.1, 0.15) is 0 Å². The van der Waals surface area contributed by atoms with Gasteiger partial charge in [-0.1, -0.05) is 53.6 Å². The molecule has 0 radical (unpaired) electrons. The minimum atomic E-state index is -0.00523. The minimum absolute atomic E-state index is 0.000948. The number of rotatable bonds is 5. The largest absolute Gasteiger partial charge is 0.338 e. The van der Waals surface area contributed by atoms with Crippen molar-refractivity contribution >= 4 is 23.3 Å². The van der Waals surface area contributed by atoms with E-state index in [0.29, 0.717) is 23.7 Å². The second kappa shape index (κ2) is 8.21. The van der Waals surface area contributed by atoms with Crippen LogP contribution in [0.15, 0.2) is 48.5 Å². The number of carbonyl (C=O) groups is 2. The molecule has 6 heteroatoms. The zero-order chi connectivity index (χ0) is 20.4. The fourth-order valence-corrected chi connectivity index (χ4v) is 3.84. The van der Waals surface area contributed by atoms with Crippen molar-refractivity contribution in [1.29, 1.82) is 0 Å². The van der Waals surface area contributed by atoms with Crippen LogP contribution >= 0.6 is 11.6 Å². The first-order valence-electron chi connectivity index (χ1n) is 9.71. The summed E-state index contributed by atoms with van der Waals surface area (Å²) in [5, 5.41) is 8.19. The number of benzene rings is 2. The number of Topliss-reactive ketones (excluding diaryl/α,β-unsaturated/α-hetero) is 1. The van der Waals surface area contributed by atoms with Crippen molar-refractivity contribution < 1.29 is 9.59 Å². The highest BCUT2D eigenvalue weighted by atomic mass is 35.5. The highest BCUT2D eigenvalue weighted by Gasteiger charge is 2.26. The molecule has 1 amide bonds. The van der Waals surface area contributed by atoms with Crippen LogP contribution in [-0.2, 0) is 17.8 Å². The summed E-state index contributed by atoms with van der Waals surface area (Å²) in [6, 6.07) is 15.0. The molecular weight excluding hydrogens is 386 g/mol. The zero-order valence-corrected chi connectivity index (χ0v) is 17.0. The third kappa shape index (κ3) is 4.25. The van der Waals surface area contributed by atoms with Crippen LogP contribution < -0.4 is 0 Å². The van der Waals surface area contributed by atoms with Crippen molar-refractivity contribution in [2.45, 2.75) is 32.7 Å². The molecule has 0 atom stereocenters. The van der Waals surface area contributed by atoms with Gasteiger partial charge in [-0.2, -0.15) is 5.10 Å². The standard InChI is InChI=1S/C23H22ClN3O2/c1-15-5-7-16(8-6-15)21(28)9-10-22(29)27-12-11-20-19(14-27)23(26-25-20)17-3-2-4-18(24)13-17/h2-8,13H,9-12,14H2,1H3,(H,25,26). The monoisotopic (exact) mass is 407 g/mol. The van der Waals surface area contributed by atoms with Crippen LogP contribution in [0.25, 0.3) is 11.3 Å². The van der Waals surface area contributed by atoms with Gasteiger partial charge in [-0.15, -0.1) is 0 Å². The van der Waals surface area contributed by atoms with E-state index in [1.54, 1.807) is 0 Å². The van der Waals surface area contributed by atoms with Crippen LogP contribution in [0.1, 0.15) is 40.0 Å². The lowest BCUT2D eigenvalue weighted by Crippen LogP contribution is -2.36. The molecule has 148 valence electrons. The Morgan fingerprint density at radius 3 is 2.69 bits per heavy atom. The Morgan fingerprint density at radius 2 is 1.93 bits per heavy atom. The van der Waals surface area contributed by atoms with Gasteiger partial charge < -0.3 is 4.90 Å². The van der Waals surface area contributed by atoms with Crippen molar-refractivity contribution in [3.63, 3.8) is 0 Å². The van der Waals surface area contributed by atoms with Crippen molar-refractivity contribution in [3.05, 3.63) is 75.9 Å². The topological polar surface area (TPSA) is 66.1 Å². The Hall–Kier alpha value is -2.92. The summed E-state index contributed by atoms with van der Waals surface area (Å²) in [6.07, 6.45) is 1.16. The average Bonchev–Trinajstić information content (AvgIpc) is 3.15. The number of nitrogens with zero attached hydrogens (tertiary/aromatic N) is 2. The number of hydrogen-bond acceptors (Lipinski definition) is 3. The van der Waals surface area contributed by atoms with Gasteiger partial charge in [0, 0.05) is 59.8 Å². The van der Waals surface area contributed by atoms with Gasteiger partial charge in [0.05, 0.1) is 5.69 Å². The Morgan fingerprint density at radius 1 is 1.14 bits per heavy atom. The van der Waals surface area contributed by atoms with Gasteiger partial charge in [-0.3, -0.25) is 14.7 Å². The summed E-state index contributed by atoms with van der Waals surface area (Å²) in [4.78, 5) is 26.9. The molecule has 0 saturated heterocycles. The van der Waals surface area contributed by atoms with Gasteiger partial charge in [-0.05, 0) is 19.1 Å². The number of hydrogen-bond donors (Lipinski definition) is 1. The van der Waals surface area contributed by atoms with E-state index in [9.17, 15) is 9.59 Å². The van der Waals surface area contributed by atoms with Crippen LogP contribution in [0, 0.1) is 6.92 Å². The van der Waals surface area contributed by atoms with Crippen LogP contribution in [0.3, 0.4) is 0 Å². The summed E-state index contributed by atoms with van der Waals surface area (Å²) in [6.45, 7) is 3.10. The smallest absolute Gasteiger partial charge is 0.223 e. The molecule has 1 aromatic heterocycles. The van der Waals surface area contributed by atoms with E-state index in [1.807, 2.05) is 60.4 Å². The van der Waals surface area contributed by atoms with Crippen molar-refractivity contribution in [2.75, 3.05) is 6.54 Å². The zero-order valence-electron chi connectivity index (χ0n) is 16.2. The first kappa shape index (κ1) is 19.4. The van der Waals surface area contributed by atoms with E-state index in [2.05, 4.69) is 10.2 Å². The third-order valence-electron chi connectivity index (χ3n) is 5.32. The van der Waals surface area contributed by atoms with Crippen molar-refractivity contribution in [2.24, 2.45) is 0 Å². The van der Waals surface area contributed by atoms with E-state index < -0.39 is 0 Å². The van der Waals surface area contributed by atoms with Crippen LogP contribution in [0.4, 0.5) is 0 Å². The van der Waals surface area contributed by atoms with Crippen LogP contribution in [-0.4, -0.2) is 33.3 Å². The highest BCUT2D eigenvalue weighted by Crippen LogP contribution is 2.30. The number of amides is 1. The highest BCUT2D eigenvalue weighted by molar-refractivity contribution is 6.30. The molecule has 0 fully saturated rings. The average molecular weight is 408 g/mol. The normalized spacial score (nSPS) is 13.2. The molecule has 29 heavy (non-hydrogen) atoms. The Balaban J connectivity index is 1.43. The van der Waals surface area contributed by atoms with Gasteiger partial charge in [0.25, 0.3) is 0 Å². The summed E-state index contributed by atoms with van der Waals surface area (Å²) in [5.74, 6) is -0.00617. The predicted octanol–water partition coefficient (Wildman–Crippen LogP) is 4.59. The molecular formula is C23H22ClN3O2. The van der Waals surface area contributed by atoms with Crippen molar-refractivity contribution in [3.8, 4) is 11.3 Å². The molecule has 2 heterocycles. The molecule has 5 nitrogen and oxygen atoms in total. The number of fused-ring (bicyclic) bond motifs is 1. The number of aromatic nitrogens is 2. The van der Waals surface area contributed by atoms with Gasteiger partial charge in [-0.25, -0.2) is 0 Å². The molecule has 2 aromatic carbocycles. The Labute approximate surface area is 174 Å². The SMILES string of the molecule is Cc1ccc(C(=O)CCC(=O)N2CCc3[nH]nc(-c4cccc(Cl)c4)c3C2)cc1. The fraction of sp³-hybridized carbons (Fsp3) is 0.261. The number of halogens is 1. The van der Waals surface area contributed by atoms with E-state index in [1.165, 1.54) is 0 Å². The fourth-order valence-electron chi connectivity index (χ4n) is 3.64. The van der Waals surface area contributed by atoms with E-state index in [0.717, 1.165) is 34.5 Å². The second-order valence-electron chi connectivity index (χ2n) is 7.39. The van der Waals surface area contributed by atoms with Gasteiger partial charge >= 0.3 is 0 Å². The van der Waals surface area contributed by atoms with E-state index >= 15 is 0 Å². The summed E-state index contributed by atoms with van der Waals surface area (Å²) >= 11 is 6.12. The molecule has 1 aliphatic heterocycles. The van der Waals surface area contributed by atoms with E-state index in [-0.39, 0.29) is 24.5 Å². The minimum Gasteiger partial charge on any atom is -0.338 e. The number of aromatic amines is 1. The lowest BCUT2D eigenvalue weighted by molar-refractivity contribution is -0.132. The maximum Gasteiger partial charge on any atom is 0.223 e. The Bertz CT molecular complexity index is 1060. The number of nitrogens with one attached hydrogen (secondary N) is 1. The predicted molar refractivity (Wildman–Crippen MR) is 113 cm³/mol. The number of carbonyl (C=O) groups excluding carboxylic acids is 2. The molecule has 0 saturated carbocycles. The maximum atomic E-state index is 12.7.